The van der Waals surface area contributed by atoms with Gasteiger partial charge in [-0.2, -0.15) is 5.06 Å². The Hall–Kier alpha value is -5.30. The number of carboxylic acids is 1. The quantitative estimate of drug-likeness (QED) is 0.0582. The lowest BCUT2D eigenvalue weighted by Gasteiger charge is -2.27. The summed E-state index contributed by atoms with van der Waals surface area (Å²) in [7, 11) is -1.11. The smallest absolute Gasteiger partial charge is 0.410 e. The number of ether oxygens (including phenoxy) is 5. The summed E-state index contributed by atoms with van der Waals surface area (Å²) in [6, 6.07) is 20.9. The first-order chi connectivity index (χ1) is 35.5. The van der Waals surface area contributed by atoms with E-state index >= 15 is 0 Å². The molecule has 3 saturated heterocycles. The van der Waals surface area contributed by atoms with Gasteiger partial charge in [0.2, 0.25) is 0 Å². The van der Waals surface area contributed by atoms with Crippen LogP contribution in [0.1, 0.15) is 108 Å². The fraction of sp³-hybridized carbons (Fsp3) is 0.655. The number of nitrogens with zero attached hydrogens (tertiary/aromatic N) is 4. The van der Waals surface area contributed by atoms with Gasteiger partial charge in [0.1, 0.15) is 11.2 Å². The second-order valence-corrected chi connectivity index (χ2v) is 28.0. The Bertz CT molecular complexity index is 2060. The summed E-state index contributed by atoms with van der Waals surface area (Å²) in [6.45, 7) is 40.3. The normalized spacial score (nSPS) is 20.3. The lowest BCUT2D eigenvalue weighted by Crippen LogP contribution is -2.39. The highest BCUT2D eigenvalue weighted by atomic mass is 28.3. The van der Waals surface area contributed by atoms with Crippen molar-refractivity contribution in [2.45, 2.75) is 141 Å². The van der Waals surface area contributed by atoms with Crippen LogP contribution in [0, 0.1) is 35.5 Å². The first-order valence-electron chi connectivity index (χ1n) is 27.0. The highest BCUT2D eigenvalue weighted by molar-refractivity contribution is 6.76. The van der Waals surface area contributed by atoms with E-state index in [1.807, 2.05) is 60.6 Å². The Kier molecular flexibility index (Phi) is 31.2. The van der Waals surface area contributed by atoms with E-state index < -0.39 is 37.3 Å². The molecule has 0 bridgehead atoms. The molecular weight excluding hydrogens is 989 g/mol. The van der Waals surface area contributed by atoms with Crippen molar-refractivity contribution in [1.29, 1.82) is 0 Å². The van der Waals surface area contributed by atoms with Crippen LogP contribution in [0.3, 0.4) is 0 Å². The summed E-state index contributed by atoms with van der Waals surface area (Å²) in [5.74, 6) is -1.60. The molecule has 3 fully saturated rings. The Morgan fingerprint density at radius 2 is 1.03 bits per heavy atom. The third-order valence-electron chi connectivity index (χ3n) is 11.7. The fourth-order valence-electron chi connectivity index (χ4n) is 8.33. The molecule has 0 aliphatic carbocycles. The van der Waals surface area contributed by atoms with Gasteiger partial charge in [0.05, 0.1) is 52.3 Å². The summed E-state index contributed by atoms with van der Waals surface area (Å²) < 4.78 is 25.2. The number of hydroxylamine groups is 2. The maximum Gasteiger partial charge on any atom is 0.410 e. The Labute approximate surface area is 456 Å². The van der Waals surface area contributed by atoms with Crippen molar-refractivity contribution >= 4 is 44.1 Å². The van der Waals surface area contributed by atoms with Crippen molar-refractivity contribution in [3.8, 4) is 0 Å². The van der Waals surface area contributed by atoms with Crippen LogP contribution in [0.25, 0.3) is 0 Å². The van der Waals surface area contributed by atoms with E-state index in [9.17, 15) is 28.8 Å². The molecular formula is C58H96N4O13Si. The van der Waals surface area contributed by atoms with Crippen LogP contribution in [0.5, 0.6) is 0 Å². The van der Waals surface area contributed by atoms with Gasteiger partial charge in [-0.3, -0.25) is 24.1 Å². The minimum Gasteiger partial charge on any atom is -0.481 e. The first kappa shape index (κ1) is 68.7. The van der Waals surface area contributed by atoms with Crippen molar-refractivity contribution in [3.05, 3.63) is 83.9 Å². The molecule has 3 aliphatic heterocycles. The van der Waals surface area contributed by atoms with Crippen LogP contribution in [0.2, 0.25) is 19.6 Å². The maximum absolute atomic E-state index is 11.9. The SMILES string of the molecule is C/C=C/C(=O)OCC.CCOC(=O)[C@@H]1CN(C(=O)OC(C)(C)C)C[C@H]1C.CCOC(=O)[C@@H]1CN(Cc2ccccc2)C[C@H]1C.CCON(Cc1ccccc1)C[Si](C)(C)C.C[C@@H]1CN(C(=O)OC(C)(C)C)C[C@H]1C(=O)O. The Balaban J connectivity index is 0.000000484. The third kappa shape index (κ3) is 28.7. The van der Waals surface area contributed by atoms with Crippen molar-refractivity contribution in [2.24, 2.45) is 35.5 Å². The topological polar surface area (TPSA) is 191 Å². The standard InChI is InChI=1S/C15H21NO2.C13H23NO4.C13H23NOSi.C11H19NO4.C6H10O2/c1-3-18-15(17)14-11-16(9-12(14)2)10-13-7-5-4-6-8-13;1-6-17-11(15)10-8-14(7-9(10)2)12(16)18-13(3,4)5;1-5-15-14(12-16(2,3)4)11-13-9-7-6-8-10-13;1-7-5-12(6-8(7)9(13)14)10(15)16-11(2,3)4;1-3-5-6(7)8-4-2/h4-8,12,14H,3,9-11H2,1-2H3;9-10H,6-8H2,1-5H3;6-10H,5,11-12H2,1-4H3;7-8H,5-6H2,1-4H3,(H,13,14);3,5H,4H2,1-2H3/b;;;;5-3+/t12-,14-;9-,10-;;7-,8-;/m11.1./s1. The van der Waals surface area contributed by atoms with E-state index in [-0.39, 0.29) is 54.2 Å². The minimum absolute atomic E-state index is 0.0231. The number of hydrogen-bond donors (Lipinski definition) is 1. The summed E-state index contributed by atoms with van der Waals surface area (Å²) in [6.07, 6.45) is 3.33. The molecule has 0 spiro atoms. The van der Waals surface area contributed by atoms with Crippen LogP contribution in [0.4, 0.5) is 9.59 Å². The van der Waals surface area contributed by atoms with Gasteiger partial charge in [0, 0.05) is 64.6 Å². The van der Waals surface area contributed by atoms with Gasteiger partial charge in [0.25, 0.3) is 0 Å². The van der Waals surface area contributed by atoms with Gasteiger partial charge in [-0.15, -0.1) is 0 Å². The second kappa shape index (κ2) is 34.5. The van der Waals surface area contributed by atoms with Crippen molar-refractivity contribution < 1.29 is 62.4 Å². The maximum atomic E-state index is 11.9. The monoisotopic (exact) mass is 1080 g/mol. The number of carbonyl (C=O) groups is 6. The van der Waals surface area contributed by atoms with Gasteiger partial charge in [-0.25, -0.2) is 14.4 Å². The molecule has 0 unspecified atom stereocenters. The van der Waals surface area contributed by atoms with Crippen LogP contribution >= 0.6 is 0 Å². The fourth-order valence-corrected chi connectivity index (χ4v) is 9.59. The summed E-state index contributed by atoms with van der Waals surface area (Å²) in [5.41, 5.74) is 1.56. The molecule has 5 rings (SSSR count). The molecule has 0 aromatic heterocycles. The summed E-state index contributed by atoms with van der Waals surface area (Å²) >= 11 is 0. The zero-order valence-corrected chi connectivity index (χ0v) is 50.2. The highest BCUT2D eigenvalue weighted by Gasteiger charge is 2.40. The largest absolute Gasteiger partial charge is 0.481 e. The van der Waals surface area contributed by atoms with Crippen LogP contribution in [-0.2, 0) is 60.8 Å². The van der Waals surface area contributed by atoms with Crippen LogP contribution in [0.15, 0.2) is 72.8 Å². The molecule has 0 saturated carbocycles. The van der Waals surface area contributed by atoms with Crippen LogP contribution in [-0.4, -0.2) is 152 Å². The van der Waals surface area contributed by atoms with E-state index in [1.165, 1.54) is 22.1 Å². The number of aliphatic carboxylic acids is 1. The lowest BCUT2D eigenvalue weighted by atomic mass is 9.99. The average molecular weight is 1090 g/mol. The molecule has 1 N–H and O–H groups in total. The molecule has 17 nitrogen and oxygen atoms in total. The molecule has 6 atom stereocenters. The number of rotatable bonds is 15. The molecule has 2 amide bonds. The molecule has 2 aromatic rings. The number of hydrogen-bond acceptors (Lipinski definition) is 14. The van der Waals surface area contributed by atoms with Gasteiger partial charge in [0.15, 0.2) is 0 Å². The van der Waals surface area contributed by atoms with E-state index in [2.05, 4.69) is 89.8 Å². The predicted octanol–water partition coefficient (Wildman–Crippen LogP) is 10.4. The number of likely N-dealkylation sites (tertiary alicyclic amines) is 3. The van der Waals surface area contributed by atoms with E-state index in [1.54, 1.807) is 52.5 Å². The Morgan fingerprint density at radius 3 is 1.42 bits per heavy atom. The van der Waals surface area contributed by atoms with Crippen molar-refractivity contribution in [1.82, 2.24) is 19.8 Å². The van der Waals surface area contributed by atoms with Crippen LogP contribution < -0.4 is 0 Å². The summed E-state index contributed by atoms with van der Waals surface area (Å²) in [5, 5.41) is 11.0. The van der Waals surface area contributed by atoms with E-state index in [0.29, 0.717) is 45.4 Å². The molecule has 76 heavy (non-hydrogen) atoms. The number of amides is 2. The van der Waals surface area contributed by atoms with Gasteiger partial charge in [-0.05, 0) is 105 Å². The number of allylic oxidation sites excluding steroid dienone is 1. The van der Waals surface area contributed by atoms with E-state index in [0.717, 1.165) is 39.0 Å². The molecule has 0 radical (unpaired) electrons. The van der Waals surface area contributed by atoms with Gasteiger partial charge < -0.3 is 38.6 Å². The third-order valence-corrected chi connectivity index (χ3v) is 13.0. The molecule has 3 aliphatic rings. The second-order valence-electron chi connectivity index (χ2n) is 22.6. The molecule has 18 heteroatoms. The zero-order valence-electron chi connectivity index (χ0n) is 49.2. The lowest BCUT2D eigenvalue weighted by molar-refractivity contribution is -0.150. The van der Waals surface area contributed by atoms with Gasteiger partial charge in [-0.1, -0.05) is 107 Å². The Morgan fingerprint density at radius 1 is 0.605 bits per heavy atom. The average Bonchev–Trinajstić information content (AvgIpc) is 4.02. The minimum atomic E-state index is -1.11. The van der Waals surface area contributed by atoms with Crippen molar-refractivity contribution in [3.63, 3.8) is 0 Å². The molecule has 3 heterocycles. The summed E-state index contributed by atoms with van der Waals surface area (Å²) in [4.78, 5) is 79.4. The number of carboxylic acid groups (broad SMARTS) is 1. The zero-order chi connectivity index (χ0) is 57.8. The highest BCUT2D eigenvalue weighted by Crippen LogP contribution is 2.28. The number of benzene rings is 2. The number of carbonyl (C=O) groups excluding carboxylic acids is 5. The van der Waals surface area contributed by atoms with Crippen molar-refractivity contribution in [2.75, 3.05) is 71.9 Å². The predicted molar refractivity (Wildman–Crippen MR) is 299 cm³/mol. The van der Waals surface area contributed by atoms with E-state index in [4.69, 9.17) is 28.9 Å². The molecule has 2 aromatic carbocycles. The van der Waals surface area contributed by atoms with Gasteiger partial charge >= 0.3 is 36.1 Å². The first-order valence-corrected chi connectivity index (χ1v) is 30.7. The molecule has 430 valence electrons. The number of esters is 3.